The van der Waals surface area contributed by atoms with Crippen molar-refractivity contribution in [3.05, 3.63) is 35.9 Å². The number of benzene rings is 1. The highest BCUT2D eigenvalue weighted by Gasteiger charge is 2.28. The fourth-order valence-electron chi connectivity index (χ4n) is 2.76. The van der Waals surface area contributed by atoms with Crippen LogP contribution < -0.4 is 10.1 Å². The highest BCUT2D eigenvalue weighted by Crippen LogP contribution is 2.27. The Balaban J connectivity index is 1.76. The molecule has 2 rings (SSSR count). The lowest BCUT2D eigenvalue weighted by Gasteiger charge is -2.32. The zero-order valence-corrected chi connectivity index (χ0v) is 12.3. The van der Waals surface area contributed by atoms with Gasteiger partial charge < -0.3 is 15.2 Å². The number of methoxy groups -OCH3 is 1. The first kappa shape index (κ1) is 15.1. The summed E-state index contributed by atoms with van der Waals surface area (Å²) < 4.78 is 5.30. The minimum atomic E-state index is -0.490. The molecule has 1 aromatic rings. The molecule has 1 aliphatic carbocycles. The molecule has 0 spiro atoms. The molecule has 1 fully saturated rings. The van der Waals surface area contributed by atoms with Crippen molar-refractivity contribution >= 4 is 6.08 Å². The van der Waals surface area contributed by atoms with Gasteiger partial charge in [0, 0.05) is 18.7 Å². The summed E-state index contributed by atoms with van der Waals surface area (Å²) in [7, 11) is 1.68. The summed E-state index contributed by atoms with van der Waals surface area (Å²) in [5, 5.41) is 13.7. The third-order valence-corrected chi connectivity index (χ3v) is 3.94. The fourth-order valence-corrected chi connectivity index (χ4v) is 2.76. The van der Waals surface area contributed by atoms with E-state index in [2.05, 4.69) is 17.5 Å². The van der Waals surface area contributed by atoms with Gasteiger partial charge in [0.05, 0.1) is 12.7 Å². The number of nitrogens with one attached hydrogen (secondary N) is 1. The number of aliphatic hydroxyl groups is 1. The van der Waals surface area contributed by atoms with Crippen LogP contribution in [0.1, 0.15) is 37.7 Å². The van der Waals surface area contributed by atoms with Crippen LogP contribution in [0.5, 0.6) is 5.75 Å². The molecule has 0 atom stereocenters. The van der Waals surface area contributed by atoms with Crippen LogP contribution in [0.25, 0.3) is 6.08 Å². The molecule has 0 saturated heterocycles. The summed E-state index contributed by atoms with van der Waals surface area (Å²) in [6.07, 6.45) is 9.54. The zero-order chi connectivity index (χ0) is 14.3. The summed E-state index contributed by atoms with van der Waals surface area (Å²) in [6, 6.07) is 7.95. The molecule has 0 radical (unpaired) electrons. The van der Waals surface area contributed by atoms with E-state index >= 15 is 0 Å². The van der Waals surface area contributed by atoms with Crippen LogP contribution in [-0.2, 0) is 0 Å². The lowest BCUT2D eigenvalue weighted by Crippen LogP contribution is -2.42. The molecule has 0 bridgehead atoms. The van der Waals surface area contributed by atoms with Crippen LogP contribution in [-0.4, -0.2) is 30.9 Å². The van der Waals surface area contributed by atoms with Crippen molar-refractivity contribution in [1.29, 1.82) is 0 Å². The van der Waals surface area contributed by atoms with Crippen LogP contribution in [0.15, 0.2) is 30.3 Å². The van der Waals surface area contributed by atoms with Gasteiger partial charge in [-0.15, -0.1) is 0 Å². The molecule has 0 heterocycles. The second kappa shape index (κ2) is 7.46. The molecule has 3 heteroatoms. The lowest BCUT2D eigenvalue weighted by molar-refractivity contribution is 0.00576. The molecule has 1 saturated carbocycles. The van der Waals surface area contributed by atoms with Gasteiger partial charge in [0.2, 0.25) is 0 Å². The van der Waals surface area contributed by atoms with E-state index in [1.807, 2.05) is 24.3 Å². The summed E-state index contributed by atoms with van der Waals surface area (Å²) in [4.78, 5) is 0. The predicted molar refractivity (Wildman–Crippen MR) is 82.9 cm³/mol. The van der Waals surface area contributed by atoms with Gasteiger partial charge in [-0.2, -0.15) is 0 Å². The van der Waals surface area contributed by atoms with Gasteiger partial charge in [0.1, 0.15) is 5.75 Å². The van der Waals surface area contributed by atoms with Crippen molar-refractivity contribution < 1.29 is 9.84 Å². The quantitative estimate of drug-likeness (QED) is 0.784. The van der Waals surface area contributed by atoms with Crippen molar-refractivity contribution in [2.45, 2.75) is 37.7 Å². The molecule has 0 aliphatic heterocycles. The Labute approximate surface area is 121 Å². The Hall–Kier alpha value is -1.32. The van der Waals surface area contributed by atoms with Crippen molar-refractivity contribution in [2.24, 2.45) is 0 Å². The molecule has 110 valence electrons. The zero-order valence-electron chi connectivity index (χ0n) is 12.3. The van der Waals surface area contributed by atoms with Gasteiger partial charge in [0.15, 0.2) is 0 Å². The van der Waals surface area contributed by atoms with Crippen molar-refractivity contribution in [2.75, 3.05) is 20.2 Å². The van der Waals surface area contributed by atoms with Crippen LogP contribution >= 0.6 is 0 Å². The van der Waals surface area contributed by atoms with Crippen LogP contribution in [0.3, 0.4) is 0 Å². The Morgan fingerprint density at radius 1 is 1.25 bits per heavy atom. The number of ether oxygens (including phenoxy) is 1. The molecule has 3 nitrogen and oxygen atoms in total. The third-order valence-electron chi connectivity index (χ3n) is 3.94. The Bertz CT molecular complexity index is 436. The molecule has 1 aliphatic rings. The first-order chi connectivity index (χ1) is 9.73. The van der Waals surface area contributed by atoms with E-state index in [1.54, 1.807) is 7.11 Å². The van der Waals surface area contributed by atoms with E-state index in [1.165, 1.54) is 6.42 Å². The molecular formula is C17H25NO2. The summed E-state index contributed by atoms with van der Waals surface area (Å²) >= 11 is 0. The predicted octanol–water partition coefficient (Wildman–Crippen LogP) is 2.99. The SMILES string of the molecule is COc1ccccc1/C=C/CNCC1(O)CCCCC1. The molecule has 0 amide bonds. The minimum absolute atomic E-state index is 0.490. The highest BCUT2D eigenvalue weighted by molar-refractivity contribution is 5.57. The number of hydrogen-bond acceptors (Lipinski definition) is 3. The van der Waals surface area contributed by atoms with Gasteiger partial charge in [-0.05, 0) is 18.9 Å². The summed E-state index contributed by atoms with van der Waals surface area (Å²) in [6.45, 7) is 1.45. The molecule has 1 aromatic carbocycles. The topological polar surface area (TPSA) is 41.5 Å². The second-order valence-corrected chi connectivity index (χ2v) is 5.56. The first-order valence-electron chi connectivity index (χ1n) is 7.46. The highest BCUT2D eigenvalue weighted by atomic mass is 16.5. The third kappa shape index (κ3) is 4.36. The maximum atomic E-state index is 10.4. The van der Waals surface area contributed by atoms with Crippen LogP contribution in [0, 0.1) is 0 Å². The van der Waals surface area contributed by atoms with E-state index in [4.69, 9.17) is 4.74 Å². The van der Waals surface area contributed by atoms with Crippen LogP contribution in [0.2, 0.25) is 0 Å². The van der Waals surface area contributed by atoms with E-state index in [0.29, 0.717) is 6.54 Å². The number of para-hydroxylation sites is 1. The lowest BCUT2D eigenvalue weighted by atomic mass is 9.85. The van der Waals surface area contributed by atoms with Gasteiger partial charge in [-0.1, -0.05) is 49.6 Å². The van der Waals surface area contributed by atoms with Gasteiger partial charge in [-0.3, -0.25) is 0 Å². The van der Waals surface area contributed by atoms with Crippen molar-refractivity contribution in [3.8, 4) is 5.75 Å². The molecule has 2 N–H and O–H groups in total. The van der Waals surface area contributed by atoms with E-state index < -0.39 is 5.60 Å². The molecule has 0 aromatic heterocycles. The molecular weight excluding hydrogens is 250 g/mol. The summed E-state index contributed by atoms with van der Waals surface area (Å²) in [5.74, 6) is 0.884. The Kier molecular flexibility index (Phi) is 5.62. The standard InChI is InChI=1S/C17H25NO2/c1-20-16-10-4-3-8-15(16)9-7-13-18-14-17(19)11-5-2-6-12-17/h3-4,7-10,18-19H,2,5-6,11-14H2,1H3/b9-7+. The Morgan fingerprint density at radius 2 is 2.00 bits per heavy atom. The number of rotatable bonds is 6. The van der Waals surface area contributed by atoms with Crippen LogP contribution in [0.4, 0.5) is 0 Å². The minimum Gasteiger partial charge on any atom is -0.496 e. The van der Waals surface area contributed by atoms with Crippen molar-refractivity contribution in [3.63, 3.8) is 0 Å². The maximum absolute atomic E-state index is 10.4. The van der Waals surface area contributed by atoms with E-state index in [9.17, 15) is 5.11 Å². The number of hydrogen-bond donors (Lipinski definition) is 2. The fraction of sp³-hybridized carbons (Fsp3) is 0.529. The Morgan fingerprint density at radius 3 is 2.75 bits per heavy atom. The average molecular weight is 275 g/mol. The summed E-state index contributed by atoms with van der Waals surface area (Å²) in [5.41, 5.74) is 0.587. The normalized spacial score (nSPS) is 18.3. The van der Waals surface area contributed by atoms with Gasteiger partial charge in [0.25, 0.3) is 0 Å². The smallest absolute Gasteiger partial charge is 0.126 e. The molecule has 0 unspecified atom stereocenters. The first-order valence-corrected chi connectivity index (χ1v) is 7.46. The van der Waals surface area contributed by atoms with E-state index in [0.717, 1.165) is 43.5 Å². The monoisotopic (exact) mass is 275 g/mol. The van der Waals surface area contributed by atoms with Gasteiger partial charge in [-0.25, -0.2) is 0 Å². The second-order valence-electron chi connectivity index (χ2n) is 5.56. The average Bonchev–Trinajstić information content (AvgIpc) is 2.48. The van der Waals surface area contributed by atoms with E-state index in [-0.39, 0.29) is 0 Å². The largest absolute Gasteiger partial charge is 0.496 e. The van der Waals surface area contributed by atoms with Gasteiger partial charge >= 0.3 is 0 Å². The van der Waals surface area contributed by atoms with Crippen molar-refractivity contribution in [1.82, 2.24) is 5.32 Å². The maximum Gasteiger partial charge on any atom is 0.126 e. The molecule has 20 heavy (non-hydrogen) atoms.